The number of anilines is 1. The predicted molar refractivity (Wildman–Crippen MR) is 128 cm³/mol. The van der Waals surface area contributed by atoms with Gasteiger partial charge in [0, 0.05) is 29.0 Å². The average Bonchev–Trinajstić information content (AvgIpc) is 2.84. The zero-order valence-corrected chi connectivity index (χ0v) is 18.2. The number of hydrogen-bond acceptors (Lipinski definition) is 4. The smallest absolute Gasteiger partial charge is 0.246 e. The van der Waals surface area contributed by atoms with E-state index in [4.69, 9.17) is 11.6 Å². The Kier molecular flexibility index (Phi) is 7.23. The van der Waals surface area contributed by atoms with Gasteiger partial charge in [-0.15, -0.1) is 0 Å². The Morgan fingerprint density at radius 1 is 0.875 bits per heavy atom. The summed E-state index contributed by atoms with van der Waals surface area (Å²) in [5.74, 6) is -0.112. The first-order valence-electron chi connectivity index (χ1n) is 10.4. The van der Waals surface area contributed by atoms with Crippen molar-refractivity contribution in [2.45, 2.75) is 12.5 Å². The molecule has 0 aliphatic carbocycles. The standard InChI is InChI=1S/C26H23ClN4O/c27-22-12-8-19(9-13-22)16-18-28-25(21-5-2-1-3-6-21)26(32)30-23-14-10-20(11-15-23)24-7-4-17-29-31-24/h1-15,17,25,28H,16,18H2,(H,30,32)/t25-/m1/s1. The van der Waals surface area contributed by atoms with Crippen LogP contribution in [0, 0.1) is 0 Å². The van der Waals surface area contributed by atoms with Crippen molar-refractivity contribution in [3.05, 3.63) is 113 Å². The van der Waals surface area contributed by atoms with E-state index in [1.807, 2.05) is 91.0 Å². The number of nitrogens with one attached hydrogen (secondary N) is 2. The number of hydrogen-bond donors (Lipinski definition) is 2. The maximum Gasteiger partial charge on any atom is 0.246 e. The Morgan fingerprint density at radius 2 is 1.62 bits per heavy atom. The van der Waals surface area contributed by atoms with Crippen molar-refractivity contribution in [3.63, 3.8) is 0 Å². The van der Waals surface area contributed by atoms with Gasteiger partial charge in [-0.05, 0) is 53.9 Å². The lowest BCUT2D eigenvalue weighted by Gasteiger charge is -2.19. The first-order chi connectivity index (χ1) is 15.7. The van der Waals surface area contributed by atoms with Gasteiger partial charge in [0.15, 0.2) is 0 Å². The SMILES string of the molecule is O=C(Nc1ccc(-c2cccnn2)cc1)[C@H](NCCc1ccc(Cl)cc1)c1ccccc1. The predicted octanol–water partition coefficient (Wildman–Crippen LogP) is 5.31. The molecule has 0 bridgehead atoms. The quantitative estimate of drug-likeness (QED) is 0.388. The van der Waals surface area contributed by atoms with E-state index in [1.54, 1.807) is 6.20 Å². The molecule has 4 rings (SSSR count). The van der Waals surface area contributed by atoms with Crippen LogP contribution in [-0.4, -0.2) is 22.6 Å². The minimum atomic E-state index is -0.469. The van der Waals surface area contributed by atoms with Crippen LogP contribution in [-0.2, 0) is 11.2 Å². The number of nitrogens with zero attached hydrogens (tertiary/aromatic N) is 2. The molecule has 0 aliphatic heterocycles. The summed E-state index contributed by atoms with van der Waals surface area (Å²) in [6.45, 7) is 0.653. The number of amides is 1. The van der Waals surface area contributed by atoms with Crippen molar-refractivity contribution in [2.75, 3.05) is 11.9 Å². The van der Waals surface area contributed by atoms with Gasteiger partial charge >= 0.3 is 0 Å². The summed E-state index contributed by atoms with van der Waals surface area (Å²) in [7, 11) is 0. The summed E-state index contributed by atoms with van der Waals surface area (Å²) in [6, 6.07) is 28.3. The molecule has 3 aromatic carbocycles. The van der Waals surface area contributed by atoms with Crippen molar-refractivity contribution in [1.29, 1.82) is 0 Å². The number of halogens is 1. The topological polar surface area (TPSA) is 66.9 Å². The summed E-state index contributed by atoms with van der Waals surface area (Å²) < 4.78 is 0. The van der Waals surface area contributed by atoms with E-state index >= 15 is 0 Å². The number of benzene rings is 3. The van der Waals surface area contributed by atoms with Gasteiger partial charge in [0.05, 0.1) is 5.69 Å². The number of carbonyl (C=O) groups is 1. The lowest BCUT2D eigenvalue weighted by Crippen LogP contribution is -2.34. The maximum absolute atomic E-state index is 13.1. The molecule has 0 saturated carbocycles. The van der Waals surface area contributed by atoms with E-state index in [9.17, 15) is 4.79 Å². The van der Waals surface area contributed by atoms with Gasteiger partial charge in [-0.1, -0.05) is 66.2 Å². The molecular formula is C26H23ClN4O. The van der Waals surface area contributed by atoms with E-state index < -0.39 is 6.04 Å². The normalized spacial score (nSPS) is 11.7. The van der Waals surface area contributed by atoms with Crippen LogP contribution in [0.1, 0.15) is 17.2 Å². The summed E-state index contributed by atoms with van der Waals surface area (Å²) >= 11 is 5.96. The highest BCUT2D eigenvalue weighted by Gasteiger charge is 2.20. The summed E-state index contributed by atoms with van der Waals surface area (Å²) in [6.07, 6.45) is 2.43. The Hall–Kier alpha value is -3.54. The molecule has 1 atom stereocenters. The van der Waals surface area contributed by atoms with Crippen LogP contribution in [0.3, 0.4) is 0 Å². The monoisotopic (exact) mass is 442 g/mol. The van der Waals surface area contributed by atoms with Gasteiger partial charge in [-0.3, -0.25) is 4.79 Å². The molecule has 32 heavy (non-hydrogen) atoms. The number of rotatable bonds is 8. The molecule has 0 radical (unpaired) electrons. The van der Waals surface area contributed by atoms with Crippen molar-refractivity contribution in [1.82, 2.24) is 15.5 Å². The molecular weight excluding hydrogens is 420 g/mol. The molecule has 160 valence electrons. The molecule has 0 spiro atoms. The molecule has 0 aliphatic rings. The molecule has 4 aromatic rings. The van der Waals surface area contributed by atoms with Crippen LogP contribution in [0.5, 0.6) is 0 Å². The summed E-state index contributed by atoms with van der Waals surface area (Å²) in [5.41, 5.74) is 4.53. The van der Waals surface area contributed by atoms with Gasteiger partial charge in [-0.2, -0.15) is 10.2 Å². The van der Waals surface area contributed by atoms with Gasteiger partial charge in [0.1, 0.15) is 6.04 Å². The van der Waals surface area contributed by atoms with Gasteiger partial charge in [-0.25, -0.2) is 0 Å². The van der Waals surface area contributed by atoms with Gasteiger partial charge in [0.25, 0.3) is 0 Å². The highest BCUT2D eigenvalue weighted by atomic mass is 35.5. The fraction of sp³-hybridized carbons (Fsp3) is 0.115. The third kappa shape index (κ3) is 5.78. The molecule has 0 fully saturated rings. The van der Waals surface area contributed by atoms with Gasteiger partial charge in [0.2, 0.25) is 5.91 Å². The van der Waals surface area contributed by atoms with E-state index in [2.05, 4.69) is 20.8 Å². The largest absolute Gasteiger partial charge is 0.324 e. The second-order valence-corrected chi connectivity index (χ2v) is 7.79. The maximum atomic E-state index is 13.1. The third-order valence-electron chi connectivity index (χ3n) is 5.09. The minimum Gasteiger partial charge on any atom is -0.324 e. The third-order valence-corrected chi connectivity index (χ3v) is 5.34. The fourth-order valence-electron chi connectivity index (χ4n) is 3.41. The first kappa shape index (κ1) is 21.7. The second kappa shape index (κ2) is 10.7. The second-order valence-electron chi connectivity index (χ2n) is 7.35. The highest BCUT2D eigenvalue weighted by molar-refractivity contribution is 6.30. The molecule has 5 nitrogen and oxygen atoms in total. The van der Waals surface area contributed by atoms with E-state index in [0.29, 0.717) is 11.6 Å². The number of aromatic nitrogens is 2. The molecule has 1 heterocycles. The first-order valence-corrected chi connectivity index (χ1v) is 10.8. The molecule has 0 saturated heterocycles. The lowest BCUT2D eigenvalue weighted by molar-refractivity contribution is -0.118. The van der Waals surface area contributed by atoms with Crippen LogP contribution < -0.4 is 10.6 Å². The minimum absolute atomic E-state index is 0.112. The van der Waals surface area contributed by atoms with Crippen molar-refractivity contribution < 1.29 is 4.79 Å². The molecule has 0 unspecified atom stereocenters. The molecule has 1 amide bonds. The molecule has 1 aromatic heterocycles. The highest BCUT2D eigenvalue weighted by Crippen LogP contribution is 2.21. The van der Waals surface area contributed by atoms with E-state index in [0.717, 1.165) is 34.5 Å². The Morgan fingerprint density at radius 3 is 2.31 bits per heavy atom. The molecule has 2 N–H and O–H groups in total. The average molecular weight is 443 g/mol. The van der Waals surface area contributed by atoms with Crippen LogP contribution in [0.2, 0.25) is 5.02 Å². The van der Waals surface area contributed by atoms with E-state index in [1.165, 1.54) is 0 Å². The summed E-state index contributed by atoms with van der Waals surface area (Å²) in [4.78, 5) is 13.1. The van der Waals surface area contributed by atoms with Crippen molar-refractivity contribution >= 4 is 23.2 Å². The zero-order valence-electron chi connectivity index (χ0n) is 17.4. The Labute approximate surface area is 192 Å². The summed E-state index contributed by atoms with van der Waals surface area (Å²) in [5, 5.41) is 15.2. The number of carbonyl (C=O) groups excluding carboxylic acids is 1. The van der Waals surface area contributed by atoms with Crippen LogP contribution in [0.4, 0.5) is 5.69 Å². The fourth-order valence-corrected chi connectivity index (χ4v) is 3.54. The van der Waals surface area contributed by atoms with Crippen LogP contribution >= 0.6 is 11.6 Å². The Balaban J connectivity index is 1.43. The lowest BCUT2D eigenvalue weighted by atomic mass is 10.0. The Bertz CT molecular complexity index is 1130. The zero-order chi connectivity index (χ0) is 22.2. The van der Waals surface area contributed by atoms with Gasteiger partial charge < -0.3 is 10.6 Å². The van der Waals surface area contributed by atoms with Crippen LogP contribution in [0.25, 0.3) is 11.3 Å². The van der Waals surface area contributed by atoms with Crippen molar-refractivity contribution in [2.24, 2.45) is 0 Å². The van der Waals surface area contributed by atoms with Crippen molar-refractivity contribution in [3.8, 4) is 11.3 Å². The van der Waals surface area contributed by atoms with E-state index in [-0.39, 0.29) is 5.91 Å². The molecule has 6 heteroatoms. The van der Waals surface area contributed by atoms with Crippen LogP contribution in [0.15, 0.2) is 97.2 Å².